The Kier molecular flexibility index (Phi) is 4.12. The minimum atomic E-state index is -0.720. The van der Waals surface area contributed by atoms with E-state index in [2.05, 4.69) is 11.8 Å². The van der Waals surface area contributed by atoms with Crippen molar-refractivity contribution in [2.45, 2.75) is 25.4 Å². The Balaban J connectivity index is 2.07. The second-order valence-electron chi connectivity index (χ2n) is 4.30. The van der Waals surface area contributed by atoms with Crippen LogP contribution in [0.15, 0.2) is 23.0 Å². The van der Waals surface area contributed by atoms with Gasteiger partial charge in [0.1, 0.15) is 0 Å². The molecule has 0 radical (unpaired) electrons. The molecule has 1 aromatic rings. The van der Waals surface area contributed by atoms with Gasteiger partial charge in [0.15, 0.2) is 0 Å². The van der Waals surface area contributed by atoms with E-state index < -0.39 is 5.97 Å². The standard InChI is InChI=1S/C12H17NO3S/c1-9(10-2-4-16-7-10)13-3-5-17-8-11(13)6-12(14)15/h2,4,7,9,11H,3,5-6,8H2,1H3,(H,14,15). The molecule has 2 heterocycles. The van der Waals surface area contributed by atoms with Crippen LogP contribution in [0.5, 0.6) is 0 Å². The van der Waals surface area contributed by atoms with Gasteiger partial charge in [-0.3, -0.25) is 9.69 Å². The van der Waals surface area contributed by atoms with Crippen molar-refractivity contribution in [3.63, 3.8) is 0 Å². The van der Waals surface area contributed by atoms with Gasteiger partial charge < -0.3 is 9.52 Å². The number of aliphatic carboxylic acids is 1. The molecule has 94 valence electrons. The first-order valence-electron chi connectivity index (χ1n) is 5.76. The third-order valence-electron chi connectivity index (χ3n) is 3.21. The lowest BCUT2D eigenvalue weighted by molar-refractivity contribution is -0.138. The predicted molar refractivity (Wildman–Crippen MR) is 67.2 cm³/mol. The molecule has 4 nitrogen and oxygen atoms in total. The first-order valence-corrected chi connectivity index (χ1v) is 6.91. The van der Waals surface area contributed by atoms with E-state index in [0.717, 1.165) is 23.6 Å². The molecule has 2 rings (SSSR count). The van der Waals surface area contributed by atoms with E-state index in [1.807, 2.05) is 17.8 Å². The normalized spacial score (nSPS) is 23.5. The van der Waals surface area contributed by atoms with Crippen molar-refractivity contribution in [2.75, 3.05) is 18.1 Å². The first-order chi connectivity index (χ1) is 8.18. The minimum absolute atomic E-state index is 0.121. The lowest BCUT2D eigenvalue weighted by Gasteiger charge is -2.38. The lowest BCUT2D eigenvalue weighted by Crippen LogP contribution is -2.44. The Morgan fingerprint density at radius 1 is 1.76 bits per heavy atom. The molecule has 1 fully saturated rings. The van der Waals surface area contributed by atoms with Crippen LogP contribution in [0.1, 0.15) is 24.9 Å². The van der Waals surface area contributed by atoms with Crippen LogP contribution in [0, 0.1) is 0 Å². The molecule has 1 aliphatic rings. The lowest BCUT2D eigenvalue weighted by atomic mass is 10.1. The van der Waals surface area contributed by atoms with Crippen LogP contribution in [0.2, 0.25) is 0 Å². The number of carboxylic acids is 1. The summed E-state index contributed by atoms with van der Waals surface area (Å²) in [5, 5.41) is 8.94. The SMILES string of the molecule is CC(c1ccoc1)N1CCSCC1CC(=O)O. The highest BCUT2D eigenvalue weighted by atomic mass is 32.2. The Hall–Kier alpha value is -0.940. The molecule has 0 aromatic carbocycles. The number of carboxylic acid groups (broad SMARTS) is 1. The van der Waals surface area contributed by atoms with E-state index in [0.29, 0.717) is 0 Å². The van der Waals surface area contributed by atoms with Crippen LogP contribution in [0.25, 0.3) is 0 Å². The van der Waals surface area contributed by atoms with Gasteiger partial charge in [0.25, 0.3) is 0 Å². The number of rotatable bonds is 4. The van der Waals surface area contributed by atoms with Crippen LogP contribution in [0.3, 0.4) is 0 Å². The molecule has 1 aliphatic heterocycles. The highest BCUT2D eigenvalue weighted by molar-refractivity contribution is 7.99. The van der Waals surface area contributed by atoms with E-state index in [9.17, 15) is 4.79 Å². The molecule has 0 amide bonds. The van der Waals surface area contributed by atoms with Crippen molar-refractivity contribution in [3.8, 4) is 0 Å². The van der Waals surface area contributed by atoms with Gasteiger partial charge in [-0.25, -0.2) is 0 Å². The molecule has 17 heavy (non-hydrogen) atoms. The van der Waals surface area contributed by atoms with Crippen molar-refractivity contribution in [1.82, 2.24) is 4.90 Å². The summed E-state index contributed by atoms with van der Waals surface area (Å²) in [6, 6.07) is 2.29. The van der Waals surface area contributed by atoms with Gasteiger partial charge in [-0.2, -0.15) is 11.8 Å². The molecule has 1 N–H and O–H groups in total. The summed E-state index contributed by atoms with van der Waals surface area (Å²) in [5.74, 6) is 1.24. The molecule has 0 aliphatic carbocycles. The summed E-state index contributed by atoms with van der Waals surface area (Å²) in [5.41, 5.74) is 1.12. The smallest absolute Gasteiger partial charge is 0.304 e. The number of nitrogens with zero attached hydrogens (tertiary/aromatic N) is 1. The van der Waals surface area contributed by atoms with E-state index in [-0.39, 0.29) is 18.5 Å². The van der Waals surface area contributed by atoms with Crippen LogP contribution >= 0.6 is 11.8 Å². The Morgan fingerprint density at radius 3 is 3.24 bits per heavy atom. The number of carbonyl (C=O) groups is 1. The molecule has 1 aromatic heterocycles. The summed E-state index contributed by atoms with van der Waals surface area (Å²) in [7, 11) is 0. The van der Waals surface area contributed by atoms with Gasteiger partial charge in [-0.05, 0) is 13.0 Å². The molecule has 2 atom stereocenters. The van der Waals surface area contributed by atoms with Crippen molar-refractivity contribution < 1.29 is 14.3 Å². The number of thioether (sulfide) groups is 1. The quantitative estimate of drug-likeness (QED) is 0.894. The summed E-state index contributed by atoms with van der Waals surface area (Å²) in [6.07, 6.45) is 3.62. The summed E-state index contributed by atoms with van der Waals surface area (Å²) in [4.78, 5) is 13.1. The molecule has 1 saturated heterocycles. The zero-order valence-corrected chi connectivity index (χ0v) is 10.7. The van der Waals surface area contributed by atoms with Crippen molar-refractivity contribution in [2.24, 2.45) is 0 Å². The molecule has 5 heteroatoms. The molecular weight excluding hydrogens is 238 g/mol. The van der Waals surface area contributed by atoms with Crippen molar-refractivity contribution in [1.29, 1.82) is 0 Å². The fraction of sp³-hybridized carbons (Fsp3) is 0.583. The van der Waals surface area contributed by atoms with Gasteiger partial charge in [0, 0.05) is 35.7 Å². The maximum Gasteiger partial charge on any atom is 0.304 e. The average Bonchev–Trinajstić information content (AvgIpc) is 2.81. The Bertz CT molecular complexity index is 366. The molecule has 2 unspecified atom stereocenters. The highest BCUT2D eigenvalue weighted by Gasteiger charge is 2.29. The van der Waals surface area contributed by atoms with E-state index in [4.69, 9.17) is 9.52 Å². The van der Waals surface area contributed by atoms with Crippen LogP contribution in [-0.4, -0.2) is 40.1 Å². The maximum atomic E-state index is 10.9. The third kappa shape index (κ3) is 3.04. The van der Waals surface area contributed by atoms with Crippen LogP contribution < -0.4 is 0 Å². The molecule has 0 saturated carbocycles. The number of hydrogen-bond acceptors (Lipinski definition) is 4. The fourth-order valence-corrected chi connectivity index (χ4v) is 3.35. The third-order valence-corrected chi connectivity index (χ3v) is 4.30. The topological polar surface area (TPSA) is 53.7 Å². The van der Waals surface area contributed by atoms with Gasteiger partial charge in [0.05, 0.1) is 18.9 Å². The zero-order chi connectivity index (χ0) is 12.3. The predicted octanol–water partition coefficient (Wildman–Crippen LogP) is 2.23. The Labute approximate surface area is 105 Å². The molecule has 0 spiro atoms. The number of furan rings is 1. The summed E-state index contributed by atoms with van der Waals surface area (Å²) < 4.78 is 5.09. The largest absolute Gasteiger partial charge is 0.481 e. The van der Waals surface area contributed by atoms with E-state index in [1.54, 1.807) is 12.5 Å². The van der Waals surface area contributed by atoms with Gasteiger partial charge in [-0.1, -0.05) is 0 Å². The van der Waals surface area contributed by atoms with Gasteiger partial charge >= 0.3 is 5.97 Å². The van der Waals surface area contributed by atoms with Gasteiger partial charge in [0.2, 0.25) is 0 Å². The monoisotopic (exact) mass is 255 g/mol. The summed E-state index contributed by atoms with van der Waals surface area (Å²) >= 11 is 1.83. The van der Waals surface area contributed by atoms with E-state index >= 15 is 0 Å². The van der Waals surface area contributed by atoms with Crippen LogP contribution in [0.4, 0.5) is 0 Å². The van der Waals surface area contributed by atoms with Crippen LogP contribution in [-0.2, 0) is 4.79 Å². The zero-order valence-electron chi connectivity index (χ0n) is 9.83. The van der Waals surface area contributed by atoms with Crippen molar-refractivity contribution >= 4 is 17.7 Å². The van der Waals surface area contributed by atoms with Gasteiger partial charge in [-0.15, -0.1) is 0 Å². The number of hydrogen-bond donors (Lipinski definition) is 1. The second kappa shape index (κ2) is 5.60. The second-order valence-corrected chi connectivity index (χ2v) is 5.45. The fourth-order valence-electron chi connectivity index (χ4n) is 2.26. The molecule has 0 bridgehead atoms. The molecular formula is C12H17NO3S. The average molecular weight is 255 g/mol. The maximum absolute atomic E-state index is 10.9. The summed E-state index contributed by atoms with van der Waals surface area (Å²) in [6.45, 7) is 3.05. The van der Waals surface area contributed by atoms with Crippen molar-refractivity contribution in [3.05, 3.63) is 24.2 Å². The Morgan fingerprint density at radius 2 is 2.59 bits per heavy atom. The highest BCUT2D eigenvalue weighted by Crippen LogP contribution is 2.29. The minimum Gasteiger partial charge on any atom is -0.481 e. The first kappa shape index (κ1) is 12.5. The van der Waals surface area contributed by atoms with E-state index in [1.165, 1.54) is 0 Å².